The van der Waals surface area contributed by atoms with Crippen LogP contribution in [-0.2, 0) is 0 Å². The van der Waals surface area contributed by atoms with Crippen molar-refractivity contribution in [1.82, 2.24) is 4.90 Å². The molecule has 2 N–H and O–H groups in total. The molecule has 1 rings (SSSR count). The first-order valence-electron chi connectivity index (χ1n) is 6.32. The average Bonchev–Trinajstić information content (AvgIpc) is 2.44. The Hall–Kier alpha value is -1.50. The lowest BCUT2D eigenvalue weighted by Gasteiger charge is -2.32. The summed E-state index contributed by atoms with van der Waals surface area (Å²) in [5.41, 5.74) is 0.552. The van der Waals surface area contributed by atoms with Gasteiger partial charge < -0.3 is 10.2 Å². The molecule has 0 aliphatic heterocycles. The number of likely N-dealkylation sites (N-methyl/N-ethyl adjacent to an activating group) is 1. The highest BCUT2D eigenvalue weighted by molar-refractivity contribution is 5.34. The number of aliphatic hydroxyl groups is 2. The summed E-state index contributed by atoms with van der Waals surface area (Å²) in [6.45, 7) is 5.17. The molecule has 19 heavy (non-hydrogen) atoms. The molecule has 6 heteroatoms. The molecule has 0 fully saturated rings. The van der Waals surface area contributed by atoms with Crippen molar-refractivity contribution >= 4 is 5.69 Å². The standard InChI is InChI=1S/C13H20N2O4/c1-3-14(4-2)12(9-16)13(17)10-5-7-11(8-6-10)15(18)19/h5-8,12-13,16-17H,3-4,9H2,1-2H3/t12-,13-/m0/s1. The number of benzene rings is 1. The van der Waals surface area contributed by atoms with Crippen LogP contribution in [0.1, 0.15) is 25.5 Å². The topological polar surface area (TPSA) is 86.8 Å². The lowest BCUT2D eigenvalue weighted by Crippen LogP contribution is -2.42. The van der Waals surface area contributed by atoms with Gasteiger partial charge in [0.05, 0.1) is 23.7 Å². The van der Waals surface area contributed by atoms with Crippen LogP contribution in [-0.4, -0.2) is 45.8 Å². The van der Waals surface area contributed by atoms with Gasteiger partial charge in [-0.05, 0) is 30.8 Å². The van der Waals surface area contributed by atoms with Crippen molar-refractivity contribution in [2.45, 2.75) is 26.0 Å². The van der Waals surface area contributed by atoms with Gasteiger partial charge in [-0.1, -0.05) is 13.8 Å². The molecule has 0 saturated carbocycles. The predicted molar refractivity (Wildman–Crippen MR) is 71.9 cm³/mol. The molecule has 0 heterocycles. The van der Waals surface area contributed by atoms with Crippen molar-refractivity contribution in [3.05, 3.63) is 39.9 Å². The first kappa shape index (κ1) is 15.6. The van der Waals surface area contributed by atoms with E-state index in [1.165, 1.54) is 24.3 Å². The molecule has 0 aromatic heterocycles. The number of non-ortho nitro benzene ring substituents is 1. The molecule has 106 valence electrons. The van der Waals surface area contributed by atoms with Gasteiger partial charge in [-0.15, -0.1) is 0 Å². The zero-order chi connectivity index (χ0) is 14.4. The third-order valence-electron chi connectivity index (χ3n) is 3.28. The van der Waals surface area contributed by atoms with Crippen LogP contribution < -0.4 is 0 Å². The van der Waals surface area contributed by atoms with E-state index in [0.29, 0.717) is 18.7 Å². The van der Waals surface area contributed by atoms with Gasteiger partial charge in [-0.2, -0.15) is 0 Å². The molecule has 0 spiro atoms. The van der Waals surface area contributed by atoms with Crippen LogP contribution in [0.4, 0.5) is 5.69 Å². The fourth-order valence-electron chi connectivity index (χ4n) is 2.12. The van der Waals surface area contributed by atoms with Crippen molar-refractivity contribution in [3.63, 3.8) is 0 Å². The first-order chi connectivity index (χ1) is 9.04. The average molecular weight is 268 g/mol. The third kappa shape index (κ3) is 3.73. The molecule has 0 bridgehead atoms. The summed E-state index contributed by atoms with van der Waals surface area (Å²) in [6, 6.07) is 5.35. The molecular weight excluding hydrogens is 248 g/mol. The second kappa shape index (κ2) is 7.18. The Bertz CT molecular complexity index is 404. The van der Waals surface area contributed by atoms with Gasteiger partial charge >= 0.3 is 0 Å². The minimum Gasteiger partial charge on any atom is -0.395 e. The maximum absolute atomic E-state index is 10.6. The maximum Gasteiger partial charge on any atom is 0.269 e. The second-order valence-corrected chi connectivity index (χ2v) is 4.26. The lowest BCUT2D eigenvalue weighted by atomic mass is 10.0. The highest BCUT2D eigenvalue weighted by atomic mass is 16.6. The van der Waals surface area contributed by atoms with E-state index in [0.717, 1.165) is 0 Å². The smallest absolute Gasteiger partial charge is 0.269 e. The first-order valence-corrected chi connectivity index (χ1v) is 6.32. The van der Waals surface area contributed by atoms with E-state index in [1.54, 1.807) is 0 Å². The fourth-order valence-corrected chi connectivity index (χ4v) is 2.12. The van der Waals surface area contributed by atoms with E-state index in [4.69, 9.17) is 0 Å². The van der Waals surface area contributed by atoms with Crippen LogP contribution in [0.15, 0.2) is 24.3 Å². The number of hydrogen-bond donors (Lipinski definition) is 2. The van der Waals surface area contributed by atoms with Gasteiger partial charge in [-0.3, -0.25) is 15.0 Å². The highest BCUT2D eigenvalue weighted by Crippen LogP contribution is 2.23. The molecule has 0 saturated heterocycles. The summed E-state index contributed by atoms with van der Waals surface area (Å²) >= 11 is 0. The zero-order valence-corrected chi connectivity index (χ0v) is 11.2. The van der Waals surface area contributed by atoms with Gasteiger partial charge in [-0.25, -0.2) is 0 Å². The van der Waals surface area contributed by atoms with Crippen molar-refractivity contribution in [2.75, 3.05) is 19.7 Å². The molecule has 6 nitrogen and oxygen atoms in total. The van der Waals surface area contributed by atoms with Crippen LogP contribution >= 0.6 is 0 Å². The normalized spacial score (nSPS) is 14.4. The number of nitro groups is 1. The van der Waals surface area contributed by atoms with Crippen molar-refractivity contribution in [2.24, 2.45) is 0 Å². The summed E-state index contributed by atoms with van der Waals surface area (Å²) in [4.78, 5) is 12.0. The molecule has 0 aliphatic carbocycles. The molecule has 1 aromatic carbocycles. The predicted octanol–water partition coefficient (Wildman–Crippen LogP) is 1.33. The summed E-state index contributed by atoms with van der Waals surface area (Å²) in [5, 5.41) is 30.3. The van der Waals surface area contributed by atoms with Crippen molar-refractivity contribution in [1.29, 1.82) is 0 Å². The minimum atomic E-state index is -0.870. The third-order valence-corrected chi connectivity index (χ3v) is 3.28. The molecule has 0 aliphatic rings. The van der Waals surface area contributed by atoms with Gasteiger partial charge in [0.2, 0.25) is 0 Å². The van der Waals surface area contributed by atoms with E-state index in [9.17, 15) is 20.3 Å². The molecule has 0 radical (unpaired) electrons. The Labute approximate surface area is 112 Å². The zero-order valence-electron chi connectivity index (χ0n) is 11.2. The monoisotopic (exact) mass is 268 g/mol. The quantitative estimate of drug-likeness (QED) is 0.575. The van der Waals surface area contributed by atoms with Gasteiger partial charge in [0.15, 0.2) is 0 Å². The number of nitrogens with zero attached hydrogens (tertiary/aromatic N) is 2. The molecule has 0 amide bonds. The van der Waals surface area contributed by atoms with Crippen LogP contribution in [0, 0.1) is 10.1 Å². The maximum atomic E-state index is 10.6. The number of rotatable bonds is 7. The molecule has 1 aromatic rings. The number of hydrogen-bond acceptors (Lipinski definition) is 5. The van der Waals surface area contributed by atoms with Gasteiger partial charge in [0.1, 0.15) is 0 Å². The van der Waals surface area contributed by atoms with E-state index >= 15 is 0 Å². The second-order valence-electron chi connectivity index (χ2n) is 4.26. The Morgan fingerprint density at radius 3 is 2.16 bits per heavy atom. The number of aliphatic hydroxyl groups excluding tert-OH is 2. The van der Waals surface area contributed by atoms with Crippen molar-refractivity contribution < 1.29 is 15.1 Å². The Morgan fingerprint density at radius 1 is 1.26 bits per heavy atom. The summed E-state index contributed by atoms with van der Waals surface area (Å²) < 4.78 is 0. The Balaban J connectivity index is 2.90. The van der Waals surface area contributed by atoms with Crippen LogP contribution in [0.5, 0.6) is 0 Å². The van der Waals surface area contributed by atoms with E-state index in [2.05, 4.69) is 0 Å². The number of nitro benzene ring substituents is 1. The fraction of sp³-hybridized carbons (Fsp3) is 0.538. The SMILES string of the molecule is CCN(CC)[C@@H](CO)[C@@H](O)c1ccc([N+](=O)[O-])cc1. The van der Waals surface area contributed by atoms with E-state index < -0.39 is 17.1 Å². The van der Waals surface area contributed by atoms with Crippen LogP contribution in [0.3, 0.4) is 0 Å². The molecular formula is C13H20N2O4. The summed E-state index contributed by atoms with van der Waals surface area (Å²) in [6.07, 6.45) is -0.870. The summed E-state index contributed by atoms with van der Waals surface area (Å²) in [7, 11) is 0. The molecule has 0 unspecified atom stereocenters. The Morgan fingerprint density at radius 2 is 1.79 bits per heavy atom. The lowest BCUT2D eigenvalue weighted by molar-refractivity contribution is -0.384. The van der Waals surface area contributed by atoms with Gasteiger partial charge in [0, 0.05) is 12.1 Å². The van der Waals surface area contributed by atoms with E-state index in [-0.39, 0.29) is 12.3 Å². The van der Waals surface area contributed by atoms with Crippen LogP contribution in [0.25, 0.3) is 0 Å². The van der Waals surface area contributed by atoms with Crippen molar-refractivity contribution in [3.8, 4) is 0 Å². The van der Waals surface area contributed by atoms with E-state index in [1.807, 2.05) is 18.7 Å². The molecule has 2 atom stereocenters. The van der Waals surface area contributed by atoms with Gasteiger partial charge in [0.25, 0.3) is 5.69 Å². The largest absolute Gasteiger partial charge is 0.395 e. The van der Waals surface area contributed by atoms with Crippen LogP contribution in [0.2, 0.25) is 0 Å². The highest BCUT2D eigenvalue weighted by Gasteiger charge is 2.25. The Kier molecular flexibility index (Phi) is 5.88. The summed E-state index contributed by atoms with van der Waals surface area (Å²) in [5.74, 6) is 0. The minimum absolute atomic E-state index is 0.0145.